The predicted octanol–water partition coefficient (Wildman–Crippen LogP) is 4.15. The maximum absolute atomic E-state index is 10.1. The monoisotopic (exact) mass is 386 g/mol. The number of nitrogens with zero attached hydrogens (tertiary/aromatic N) is 1. The highest BCUT2D eigenvalue weighted by atomic mass is 32.1. The summed E-state index contributed by atoms with van der Waals surface area (Å²) in [7, 11) is 0. The Balaban J connectivity index is 1.33. The Hall–Kier alpha value is -2.19. The molecule has 26 heavy (non-hydrogen) atoms. The number of thiophene rings is 2. The second kappa shape index (κ2) is 8.01. The van der Waals surface area contributed by atoms with E-state index in [1.807, 2.05) is 41.1 Å². The average Bonchev–Trinajstić information content (AvgIpc) is 3.38. The van der Waals surface area contributed by atoms with Gasteiger partial charge in [0.15, 0.2) is 5.58 Å². The summed E-state index contributed by atoms with van der Waals surface area (Å²) < 4.78 is 12.1. The van der Waals surface area contributed by atoms with Gasteiger partial charge >= 0.3 is 0 Å². The number of hydrogen-bond donors (Lipinski definition) is 2. The van der Waals surface area contributed by atoms with Crippen LogP contribution in [0.5, 0.6) is 5.75 Å². The molecule has 134 valence electrons. The van der Waals surface area contributed by atoms with Crippen LogP contribution in [-0.4, -0.2) is 29.5 Å². The number of aliphatic hydroxyl groups excluding tert-OH is 1. The largest absolute Gasteiger partial charge is 0.491 e. The number of aromatic nitrogens is 1. The lowest BCUT2D eigenvalue weighted by Gasteiger charge is -2.13. The number of rotatable bonds is 8. The molecule has 3 aromatic heterocycles. The van der Waals surface area contributed by atoms with Gasteiger partial charge < -0.3 is 19.7 Å². The van der Waals surface area contributed by atoms with Crippen molar-refractivity contribution < 1.29 is 14.4 Å². The molecule has 3 heterocycles. The van der Waals surface area contributed by atoms with Crippen molar-refractivity contribution in [1.82, 2.24) is 10.5 Å². The Morgan fingerprint density at radius 1 is 1.23 bits per heavy atom. The number of fused-ring (bicyclic) bond motifs is 1. The van der Waals surface area contributed by atoms with Crippen LogP contribution < -0.4 is 10.1 Å². The van der Waals surface area contributed by atoms with Gasteiger partial charge in [0.2, 0.25) is 0 Å². The van der Waals surface area contributed by atoms with E-state index in [0.717, 1.165) is 28.1 Å². The van der Waals surface area contributed by atoms with Crippen molar-refractivity contribution >= 4 is 33.0 Å². The lowest BCUT2D eigenvalue weighted by molar-refractivity contribution is 0.106. The van der Waals surface area contributed by atoms with Gasteiger partial charge in [-0.15, -0.1) is 11.3 Å². The SMILES string of the molecule is O[C@H](CNCc1ccsc1)COc1cccc(-c2noc3ccsc23)c1. The summed E-state index contributed by atoms with van der Waals surface area (Å²) >= 11 is 3.27. The molecule has 0 aliphatic rings. The van der Waals surface area contributed by atoms with E-state index in [2.05, 4.69) is 21.9 Å². The van der Waals surface area contributed by atoms with Gasteiger partial charge in [-0.25, -0.2) is 0 Å². The van der Waals surface area contributed by atoms with E-state index < -0.39 is 6.10 Å². The molecule has 0 saturated carbocycles. The molecule has 0 bridgehead atoms. The first-order chi connectivity index (χ1) is 12.8. The van der Waals surface area contributed by atoms with Crippen LogP contribution in [0.3, 0.4) is 0 Å². The van der Waals surface area contributed by atoms with E-state index >= 15 is 0 Å². The van der Waals surface area contributed by atoms with Crippen LogP contribution in [0, 0.1) is 0 Å². The zero-order valence-electron chi connectivity index (χ0n) is 13.9. The summed E-state index contributed by atoms with van der Waals surface area (Å²) in [6.07, 6.45) is -0.576. The van der Waals surface area contributed by atoms with Gasteiger partial charge in [0, 0.05) is 18.7 Å². The van der Waals surface area contributed by atoms with Crippen LogP contribution in [0.4, 0.5) is 0 Å². The standard InChI is InChI=1S/C19H18N2O3S2/c22-15(10-20-9-13-4-6-25-12-13)11-23-16-3-1-2-14(8-16)18-19-17(24-21-18)5-7-26-19/h1-8,12,15,20,22H,9-11H2/t15-/m1/s1. The first-order valence-electron chi connectivity index (χ1n) is 8.25. The van der Waals surface area contributed by atoms with Crippen LogP contribution in [0.1, 0.15) is 5.56 Å². The van der Waals surface area contributed by atoms with Gasteiger partial charge in [-0.1, -0.05) is 17.3 Å². The van der Waals surface area contributed by atoms with Crippen LogP contribution >= 0.6 is 22.7 Å². The molecule has 1 atom stereocenters. The third kappa shape index (κ3) is 3.96. The first kappa shape index (κ1) is 17.2. The molecule has 7 heteroatoms. The van der Waals surface area contributed by atoms with E-state index in [1.54, 1.807) is 22.7 Å². The zero-order chi connectivity index (χ0) is 17.8. The lowest BCUT2D eigenvalue weighted by Crippen LogP contribution is -2.31. The molecule has 0 amide bonds. The fraction of sp³-hybridized carbons (Fsp3) is 0.211. The molecular formula is C19H18N2O3S2. The third-order valence-electron chi connectivity index (χ3n) is 3.92. The summed E-state index contributed by atoms with van der Waals surface area (Å²) in [5, 5.41) is 23.6. The van der Waals surface area contributed by atoms with Gasteiger partial charge in [0.25, 0.3) is 0 Å². The topological polar surface area (TPSA) is 67.5 Å². The normalized spacial score (nSPS) is 12.5. The van der Waals surface area contributed by atoms with Gasteiger partial charge in [-0.2, -0.15) is 11.3 Å². The minimum Gasteiger partial charge on any atom is -0.491 e. The van der Waals surface area contributed by atoms with Crippen LogP contribution in [0.2, 0.25) is 0 Å². The highest BCUT2D eigenvalue weighted by molar-refractivity contribution is 7.17. The molecular weight excluding hydrogens is 368 g/mol. The van der Waals surface area contributed by atoms with Crippen LogP contribution in [-0.2, 0) is 6.54 Å². The molecule has 5 nitrogen and oxygen atoms in total. The fourth-order valence-corrected chi connectivity index (χ4v) is 4.11. The molecule has 0 saturated heterocycles. The predicted molar refractivity (Wildman–Crippen MR) is 105 cm³/mol. The van der Waals surface area contributed by atoms with Crippen molar-refractivity contribution in [3.63, 3.8) is 0 Å². The van der Waals surface area contributed by atoms with E-state index in [9.17, 15) is 5.11 Å². The third-order valence-corrected chi connectivity index (χ3v) is 5.55. The number of ether oxygens (including phenoxy) is 1. The molecule has 4 rings (SSSR count). The Kier molecular flexibility index (Phi) is 5.31. The molecule has 0 aliphatic heterocycles. The molecule has 0 radical (unpaired) electrons. The quantitative estimate of drug-likeness (QED) is 0.476. The molecule has 2 N–H and O–H groups in total. The smallest absolute Gasteiger partial charge is 0.178 e. The molecule has 1 aromatic carbocycles. The van der Waals surface area contributed by atoms with E-state index in [0.29, 0.717) is 12.3 Å². The molecule has 0 spiro atoms. The lowest BCUT2D eigenvalue weighted by atomic mass is 10.1. The van der Waals surface area contributed by atoms with Gasteiger partial charge in [-0.3, -0.25) is 0 Å². The summed E-state index contributed by atoms with van der Waals surface area (Å²) in [5.74, 6) is 0.701. The van der Waals surface area contributed by atoms with E-state index in [1.165, 1.54) is 5.56 Å². The van der Waals surface area contributed by atoms with Crippen LogP contribution in [0.25, 0.3) is 21.5 Å². The minimum atomic E-state index is -0.576. The molecule has 4 aromatic rings. The Morgan fingerprint density at radius 3 is 3.08 bits per heavy atom. The maximum atomic E-state index is 10.1. The van der Waals surface area contributed by atoms with Crippen molar-refractivity contribution in [2.75, 3.05) is 13.2 Å². The highest BCUT2D eigenvalue weighted by Gasteiger charge is 2.12. The van der Waals surface area contributed by atoms with Gasteiger partial charge in [0.05, 0.1) is 0 Å². The maximum Gasteiger partial charge on any atom is 0.178 e. The Labute approximate surface area is 158 Å². The van der Waals surface area contributed by atoms with Crippen molar-refractivity contribution in [3.8, 4) is 17.0 Å². The summed E-state index contributed by atoms with van der Waals surface area (Å²) in [6, 6.07) is 11.7. The number of benzene rings is 1. The number of hydrogen-bond acceptors (Lipinski definition) is 7. The summed E-state index contributed by atoms with van der Waals surface area (Å²) in [4.78, 5) is 0. The Bertz CT molecular complexity index is 962. The van der Waals surface area contributed by atoms with E-state index in [-0.39, 0.29) is 6.61 Å². The van der Waals surface area contributed by atoms with Gasteiger partial charge in [-0.05, 0) is 46.0 Å². The molecule has 0 fully saturated rings. The second-order valence-corrected chi connectivity index (χ2v) is 7.60. The summed E-state index contributed by atoms with van der Waals surface area (Å²) in [5.41, 5.74) is 3.78. The first-order valence-corrected chi connectivity index (χ1v) is 10.1. The van der Waals surface area contributed by atoms with Gasteiger partial charge in [0.1, 0.15) is 28.9 Å². The Morgan fingerprint density at radius 2 is 2.19 bits per heavy atom. The zero-order valence-corrected chi connectivity index (χ0v) is 15.6. The van der Waals surface area contributed by atoms with Crippen molar-refractivity contribution in [3.05, 3.63) is 58.1 Å². The fourth-order valence-electron chi connectivity index (χ4n) is 2.62. The summed E-state index contributed by atoms with van der Waals surface area (Å²) in [6.45, 7) is 1.46. The number of aliphatic hydroxyl groups is 1. The molecule has 0 aliphatic carbocycles. The number of nitrogens with one attached hydrogen (secondary N) is 1. The molecule has 0 unspecified atom stereocenters. The van der Waals surface area contributed by atoms with Crippen LogP contribution in [0.15, 0.2) is 57.1 Å². The van der Waals surface area contributed by atoms with E-state index in [4.69, 9.17) is 9.26 Å². The van der Waals surface area contributed by atoms with Crippen molar-refractivity contribution in [2.24, 2.45) is 0 Å². The minimum absolute atomic E-state index is 0.229. The van der Waals surface area contributed by atoms with Crippen molar-refractivity contribution in [2.45, 2.75) is 12.6 Å². The second-order valence-electron chi connectivity index (χ2n) is 5.90. The highest BCUT2D eigenvalue weighted by Crippen LogP contribution is 2.33. The average molecular weight is 386 g/mol. The van der Waals surface area contributed by atoms with Crippen molar-refractivity contribution in [1.29, 1.82) is 0 Å².